The molecule has 0 aliphatic carbocycles. The first kappa shape index (κ1) is 10.1. The highest BCUT2D eigenvalue weighted by Crippen LogP contribution is 2.26. The van der Waals surface area contributed by atoms with Gasteiger partial charge in [0.1, 0.15) is 11.6 Å². The number of hydrogen-bond acceptors (Lipinski definition) is 1. The highest BCUT2D eigenvalue weighted by molar-refractivity contribution is 14.1. The molecule has 1 atom stereocenters. The van der Waals surface area contributed by atoms with E-state index in [1.807, 2.05) is 4.90 Å². The summed E-state index contributed by atoms with van der Waals surface area (Å²) in [5.74, 6) is -0.980. The van der Waals surface area contributed by atoms with Crippen molar-refractivity contribution in [3.8, 4) is 0 Å². The maximum absolute atomic E-state index is 13.3. The lowest BCUT2D eigenvalue weighted by atomic mass is 10.3. The molecule has 1 saturated heterocycles. The maximum Gasteiger partial charge on any atom is 0.149 e. The number of alkyl halides is 1. The number of rotatable bonds is 1. The zero-order valence-corrected chi connectivity index (χ0v) is 9.67. The molecule has 1 aliphatic heterocycles. The second-order valence-corrected chi connectivity index (χ2v) is 5.19. The van der Waals surface area contributed by atoms with Gasteiger partial charge in [-0.1, -0.05) is 22.6 Å². The Kier molecular flexibility index (Phi) is 2.90. The van der Waals surface area contributed by atoms with Crippen LogP contribution in [0.15, 0.2) is 18.2 Å². The van der Waals surface area contributed by atoms with Crippen LogP contribution < -0.4 is 4.90 Å². The fourth-order valence-corrected chi connectivity index (χ4v) is 2.43. The van der Waals surface area contributed by atoms with Crippen molar-refractivity contribution in [2.75, 3.05) is 18.0 Å². The SMILES string of the molecule is Fc1ccc(N2CCC(I)C2)c(F)c1. The van der Waals surface area contributed by atoms with Crippen molar-refractivity contribution in [2.45, 2.75) is 10.3 Å². The van der Waals surface area contributed by atoms with E-state index in [2.05, 4.69) is 22.6 Å². The molecule has 1 unspecified atom stereocenters. The number of halogens is 3. The molecule has 1 aromatic carbocycles. The molecule has 1 aromatic rings. The zero-order valence-electron chi connectivity index (χ0n) is 7.51. The maximum atomic E-state index is 13.3. The quantitative estimate of drug-likeness (QED) is 0.569. The summed E-state index contributed by atoms with van der Waals surface area (Å²) in [5, 5.41) is 0. The molecule has 0 spiro atoms. The Morgan fingerprint density at radius 2 is 2.14 bits per heavy atom. The van der Waals surface area contributed by atoms with E-state index < -0.39 is 11.6 Å². The Labute approximate surface area is 95.2 Å². The molecule has 1 heterocycles. The highest BCUT2D eigenvalue weighted by atomic mass is 127. The van der Waals surface area contributed by atoms with Crippen molar-refractivity contribution in [1.82, 2.24) is 0 Å². The number of anilines is 1. The highest BCUT2D eigenvalue weighted by Gasteiger charge is 2.22. The third-order valence-electron chi connectivity index (χ3n) is 2.38. The van der Waals surface area contributed by atoms with Crippen LogP contribution in [0.5, 0.6) is 0 Å². The van der Waals surface area contributed by atoms with Gasteiger partial charge in [-0.25, -0.2) is 8.78 Å². The lowest BCUT2D eigenvalue weighted by Gasteiger charge is -2.18. The average Bonchev–Trinajstić information content (AvgIpc) is 2.51. The molecule has 14 heavy (non-hydrogen) atoms. The third kappa shape index (κ3) is 1.99. The van der Waals surface area contributed by atoms with Crippen LogP contribution in [-0.4, -0.2) is 17.0 Å². The zero-order chi connectivity index (χ0) is 10.1. The van der Waals surface area contributed by atoms with Crippen LogP contribution in [0.25, 0.3) is 0 Å². The largest absolute Gasteiger partial charge is 0.368 e. The van der Waals surface area contributed by atoms with Crippen LogP contribution in [0.3, 0.4) is 0 Å². The van der Waals surface area contributed by atoms with E-state index in [0.717, 1.165) is 25.6 Å². The van der Waals surface area contributed by atoms with E-state index in [1.165, 1.54) is 12.1 Å². The van der Waals surface area contributed by atoms with Crippen LogP contribution in [-0.2, 0) is 0 Å². The fraction of sp³-hybridized carbons (Fsp3) is 0.400. The van der Waals surface area contributed by atoms with Gasteiger partial charge in [0, 0.05) is 23.1 Å². The summed E-state index contributed by atoms with van der Waals surface area (Å²) in [5.41, 5.74) is 0.519. The summed E-state index contributed by atoms with van der Waals surface area (Å²) in [4.78, 5) is 1.96. The minimum atomic E-state index is -0.517. The lowest BCUT2D eigenvalue weighted by molar-refractivity contribution is 0.581. The predicted molar refractivity (Wildman–Crippen MR) is 61.0 cm³/mol. The predicted octanol–water partition coefficient (Wildman–Crippen LogP) is 2.98. The molecule has 2 rings (SSSR count). The summed E-state index contributed by atoms with van der Waals surface area (Å²) in [7, 11) is 0. The Bertz CT molecular complexity index is 343. The van der Waals surface area contributed by atoms with Crippen molar-refractivity contribution in [3.63, 3.8) is 0 Å². The monoisotopic (exact) mass is 309 g/mol. The fourth-order valence-electron chi connectivity index (χ4n) is 1.67. The van der Waals surface area contributed by atoms with Crippen molar-refractivity contribution in [1.29, 1.82) is 0 Å². The van der Waals surface area contributed by atoms with Crippen molar-refractivity contribution < 1.29 is 8.78 Å². The van der Waals surface area contributed by atoms with Crippen LogP contribution >= 0.6 is 22.6 Å². The third-order valence-corrected chi connectivity index (χ3v) is 3.40. The van der Waals surface area contributed by atoms with Crippen molar-refractivity contribution in [2.24, 2.45) is 0 Å². The molecule has 0 aromatic heterocycles. The van der Waals surface area contributed by atoms with Crippen molar-refractivity contribution in [3.05, 3.63) is 29.8 Å². The number of benzene rings is 1. The molecule has 0 saturated carbocycles. The first-order valence-corrected chi connectivity index (χ1v) is 5.75. The summed E-state index contributed by atoms with van der Waals surface area (Å²) in [6, 6.07) is 3.76. The van der Waals surface area contributed by atoms with E-state index in [1.54, 1.807) is 0 Å². The second kappa shape index (κ2) is 4.00. The summed E-state index contributed by atoms with van der Waals surface area (Å²) >= 11 is 2.35. The molecule has 0 bridgehead atoms. The molecular formula is C10H10F2IN. The molecular weight excluding hydrogens is 299 g/mol. The lowest BCUT2D eigenvalue weighted by Crippen LogP contribution is -2.20. The summed E-state index contributed by atoms with van der Waals surface area (Å²) in [6.07, 6.45) is 1.07. The normalized spacial score (nSPS) is 21.6. The number of nitrogens with zero attached hydrogens (tertiary/aromatic N) is 1. The van der Waals surface area contributed by atoms with Crippen LogP contribution in [0, 0.1) is 11.6 Å². The number of hydrogen-bond donors (Lipinski definition) is 0. The van der Waals surface area contributed by atoms with Gasteiger partial charge in [-0.2, -0.15) is 0 Å². The first-order valence-electron chi connectivity index (χ1n) is 4.51. The van der Waals surface area contributed by atoms with Gasteiger partial charge in [0.05, 0.1) is 5.69 Å². The van der Waals surface area contributed by atoms with Crippen molar-refractivity contribution >= 4 is 28.3 Å². The molecule has 1 aliphatic rings. The Balaban J connectivity index is 2.24. The first-order chi connectivity index (χ1) is 6.66. The molecule has 76 valence electrons. The average molecular weight is 309 g/mol. The van der Waals surface area contributed by atoms with Gasteiger partial charge in [-0.15, -0.1) is 0 Å². The molecule has 1 fully saturated rings. The van der Waals surface area contributed by atoms with Gasteiger partial charge in [0.15, 0.2) is 0 Å². The van der Waals surface area contributed by atoms with E-state index in [0.29, 0.717) is 9.61 Å². The Hall–Kier alpha value is -0.390. The molecule has 4 heteroatoms. The smallest absolute Gasteiger partial charge is 0.149 e. The van der Waals surface area contributed by atoms with Gasteiger partial charge in [0.2, 0.25) is 0 Å². The topological polar surface area (TPSA) is 3.24 Å². The molecule has 0 radical (unpaired) electrons. The van der Waals surface area contributed by atoms with Gasteiger partial charge in [-0.05, 0) is 18.6 Å². The summed E-state index contributed by atoms with van der Waals surface area (Å²) in [6.45, 7) is 1.71. The Morgan fingerprint density at radius 1 is 1.36 bits per heavy atom. The van der Waals surface area contributed by atoms with Gasteiger partial charge in [-0.3, -0.25) is 0 Å². The van der Waals surface area contributed by atoms with E-state index >= 15 is 0 Å². The van der Waals surface area contributed by atoms with Crippen LogP contribution in [0.2, 0.25) is 0 Å². The van der Waals surface area contributed by atoms with Gasteiger partial charge in [0.25, 0.3) is 0 Å². The van der Waals surface area contributed by atoms with E-state index in [4.69, 9.17) is 0 Å². The molecule has 0 amide bonds. The summed E-state index contributed by atoms with van der Waals surface area (Å²) < 4.78 is 26.6. The second-order valence-electron chi connectivity index (χ2n) is 3.43. The van der Waals surface area contributed by atoms with E-state index in [9.17, 15) is 8.78 Å². The van der Waals surface area contributed by atoms with E-state index in [-0.39, 0.29) is 0 Å². The van der Waals surface area contributed by atoms with Gasteiger partial charge < -0.3 is 4.90 Å². The standard InChI is InChI=1S/C10H10F2IN/c11-7-1-2-10(9(12)5-7)14-4-3-8(13)6-14/h1-2,5,8H,3-4,6H2. The minimum Gasteiger partial charge on any atom is -0.368 e. The van der Waals surface area contributed by atoms with Gasteiger partial charge >= 0.3 is 0 Å². The van der Waals surface area contributed by atoms with Crippen LogP contribution in [0.4, 0.5) is 14.5 Å². The minimum absolute atomic E-state index is 0.463. The Morgan fingerprint density at radius 3 is 2.71 bits per heavy atom. The van der Waals surface area contributed by atoms with Crippen LogP contribution in [0.1, 0.15) is 6.42 Å². The molecule has 1 nitrogen and oxygen atoms in total. The molecule has 0 N–H and O–H groups in total.